The van der Waals surface area contributed by atoms with Crippen LogP contribution in [0.5, 0.6) is 0 Å². The topological polar surface area (TPSA) is 3.24 Å². The molecule has 1 aliphatic rings. The second kappa shape index (κ2) is 5.73. The SMILES string of the molecule is CCCCCCN1C(C)(C)CC(C)CC1(C)C. The normalized spacial score (nSPS) is 25.1. The summed E-state index contributed by atoms with van der Waals surface area (Å²) in [5.74, 6) is 0.867. The van der Waals surface area contributed by atoms with Crippen molar-refractivity contribution in [2.75, 3.05) is 6.54 Å². The minimum absolute atomic E-state index is 0.382. The van der Waals surface area contributed by atoms with Gasteiger partial charge in [0.15, 0.2) is 0 Å². The third-order valence-electron chi connectivity index (χ3n) is 4.39. The average molecular weight is 239 g/mol. The number of likely N-dealkylation sites (tertiary alicyclic amines) is 1. The Kier molecular flexibility index (Phi) is 5.07. The van der Waals surface area contributed by atoms with Crippen LogP contribution >= 0.6 is 0 Å². The summed E-state index contributed by atoms with van der Waals surface area (Å²) in [6.07, 6.45) is 8.20. The van der Waals surface area contributed by atoms with Gasteiger partial charge in [-0.25, -0.2) is 0 Å². The second-order valence-electron chi connectivity index (χ2n) is 7.35. The van der Waals surface area contributed by atoms with E-state index in [2.05, 4.69) is 46.4 Å². The number of piperidine rings is 1. The van der Waals surface area contributed by atoms with Gasteiger partial charge in [-0.05, 0) is 59.4 Å². The van der Waals surface area contributed by atoms with Crippen molar-refractivity contribution < 1.29 is 0 Å². The van der Waals surface area contributed by atoms with Gasteiger partial charge >= 0.3 is 0 Å². The van der Waals surface area contributed by atoms with Crippen molar-refractivity contribution in [2.24, 2.45) is 5.92 Å². The van der Waals surface area contributed by atoms with Crippen LogP contribution in [-0.2, 0) is 0 Å². The maximum absolute atomic E-state index is 2.77. The smallest absolute Gasteiger partial charge is 0.0161 e. The molecule has 0 spiro atoms. The van der Waals surface area contributed by atoms with Gasteiger partial charge in [0.2, 0.25) is 0 Å². The van der Waals surface area contributed by atoms with E-state index >= 15 is 0 Å². The van der Waals surface area contributed by atoms with Crippen molar-refractivity contribution in [1.29, 1.82) is 0 Å². The molecule has 0 aromatic rings. The van der Waals surface area contributed by atoms with Crippen LogP contribution in [0, 0.1) is 5.92 Å². The zero-order valence-electron chi connectivity index (χ0n) is 13.0. The zero-order valence-corrected chi connectivity index (χ0v) is 13.0. The Balaban J connectivity index is 2.59. The van der Waals surface area contributed by atoms with Gasteiger partial charge in [-0.15, -0.1) is 0 Å². The van der Waals surface area contributed by atoms with Crippen molar-refractivity contribution in [3.63, 3.8) is 0 Å². The molecule has 0 atom stereocenters. The molecule has 1 saturated heterocycles. The van der Waals surface area contributed by atoms with E-state index in [1.54, 1.807) is 0 Å². The Morgan fingerprint density at radius 1 is 0.941 bits per heavy atom. The molecule has 1 rings (SSSR count). The highest BCUT2D eigenvalue weighted by Gasteiger charge is 2.43. The Morgan fingerprint density at radius 2 is 1.47 bits per heavy atom. The van der Waals surface area contributed by atoms with Crippen molar-refractivity contribution in [3.05, 3.63) is 0 Å². The lowest BCUT2D eigenvalue weighted by molar-refractivity contribution is -0.0484. The Bertz CT molecular complexity index is 212. The van der Waals surface area contributed by atoms with Crippen molar-refractivity contribution in [2.45, 2.75) is 91.1 Å². The van der Waals surface area contributed by atoms with Crippen molar-refractivity contribution >= 4 is 0 Å². The van der Waals surface area contributed by atoms with Crippen LogP contribution < -0.4 is 0 Å². The maximum atomic E-state index is 2.77. The maximum Gasteiger partial charge on any atom is 0.0161 e. The first kappa shape index (κ1) is 15.0. The van der Waals surface area contributed by atoms with Crippen LogP contribution in [0.3, 0.4) is 0 Å². The molecule has 1 nitrogen and oxygen atoms in total. The molecule has 0 aromatic carbocycles. The fourth-order valence-corrected chi connectivity index (χ4v) is 4.12. The number of unbranched alkanes of at least 4 members (excludes halogenated alkanes) is 3. The first-order valence-electron chi connectivity index (χ1n) is 7.57. The molecule has 1 heteroatoms. The summed E-state index contributed by atoms with van der Waals surface area (Å²) < 4.78 is 0. The summed E-state index contributed by atoms with van der Waals surface area (Å²) in [5, 5.41) is 0. The van der Waals surface area contributed by atoms with Crippen LogP contribution in [-0.4, -0.2) is 22.5 Å². The fraction of sp³-hybridized carbons (Fsp3) is 1.00. The minimum atomic E-state index is 0.382. The number of nitrogens with zero attached hydrogens (tertiary/aromatic N) is 1. The van der Waals surface area contributed by atoms with E-state index in [1.165, 1.54) is 45.1 Å². The van der Waals surface area contributed by atoms with E-state index in [-0.39, 0.29) is 0 Å². The second-order valence-corrected chi connectivity index (χ2v) is 7.35. The van der Waals surface area contributed by atoms with E-state index in [4.69, 9.17) is 0 Å². The van der Waals surface area contributed by atoms with Crippen LogP contribution in [0.15, 0.2) is 0 Å². The lowest BCUT2D eigenvalue weighted by Crippen LogP contribution is -2.60. The highest BCUT2D eigenvalue weighted by Crippen LogP contribution is 2.41. The monoisotopic (exact) mass is 239 g/mol. The largest absolute Gasteiger partial charge is 0.293 e. The molecule has 0 saturated carbocycles. The number of rotatable bonds is 5. The average Bonchev–Trinajstić information content (AvgIpc) is 2.12. The van der Waals surface area contributed by atoms with Gasteiger partial charge in [0.25, 0.3) is 0 Å². The van der Waals surface area contributed by atoms with Gasteiger partial charge < -0.3 is 0 Å². The van der Waals surface area contributed by atoms with E-state index < -0.39 is 0 Å². The molecule has 0 amide bonds. The summed E-state index contributed by atoms with van der Waals surface area (Å²) in [6, 6.07) is 0. The molecule has 0 radical (unpaired) electrons. The molecule has 0 N–H and O–H groups in total. The van der Waals surface area contributed by atoms with Crippen LogP contribution in [0.2, 0.25) is 0 Å². The molecule has 1 heterocycles. The molecule has 102 valence electrons. The first-order chi connectivity index (χ1) is 7.79. The summed E-state index contributed by atoms with van der Waals surface area (Å²) in [7, 11) is 0. The van der Waals surface area contributed by atoms with E-state index in [9.17, 15) is 0 Å². The molecule has 0 unspecified atom stereocenters. The van der Waals surface area contributed by atoms with Crippen molar-refractivity contribution in [1.82, 2.24) is 4.90 Å². The first-order valence-corrected chi connectivity index (χ1v) is 7.57. The highest BCUT2D eigenvalue weighted by atomic mass is 15.3. The summed E-state index contributed by atoms with van der Waals surface area (Å²) in [5.41, 5.74) is 0.765. The van der Waals surface area contributed by atoms with E-state index in [1.807, 2.05) is 0 Å². The lowest BCUT2D eigenvalue weighted by atomic mass is 9.74. The van der Waals surface area contributed by atoms with Gasteiger partial charge in [-0.1, -0.05) is 33.1 Å². The predicted molar refractivity (Wildman–Crippen MR) is 77.4 cm³/mol. The molecule has 0 aromatic heterocycles. The van der Waals surface area contributed by atoms with E-state index in [0.717, 1.165) is 5.92 Å². The van der Waals surface area contributed by atoms with Crippen LogP contribution in [0.25, 0.3) is 0 Å². The van der Waals surface area contributed by atoms with Crippen molar-refractivity contribution in [3.8, 4) is 0 Å². The quantitative estimate of drug-likeness (QED) is 0.620. The standard InChI is InChI=1S/C16H33N/c1-7-8-9-10-11-17-15(3,4)12-14(2)13-16(17,5)6/h14H,7-13H2,1-6H3. The summed E-state index contributed by atoms with van der Waals surface area (Å²) in [6.45, 7) is 15.7. The minimum Gasteiger partial charge on any atom is -0.293 e. The Morgan fingerprint density at radius 3 is 1.94 bits per heavy atom. The van der Waals surface area contributed by atoms with Gasteiger partial charge in [-0.2, -0.15) is 0 Å². The molecule has 17 heavy (non-hydrogen) atoms. The van der Waals surface area contributed by atoms with Gasteiger partial charge in [0, 0.05) is 11.1 Å². The summed E-state index contributed by atoms with van der Waals surface area (Å²) in [4.78, 5) is 2.77. The summed E-state index contributed by atoms with van der Waals surface area (Å²) >= 11 is 0. The zero-order chi connectivity index (χ0) is 13.1. The van der Waals surface area contributed by atoms with Crippen LogP contribution in [0.4, 0.5) is 0 Å². The van der Waals surface area contributed by atoms with Gasteiger partial charge in [0.05, 0.1) is 0 Å². The Labute approximate surface area is 109 Å². The Hall–Kier alpha value is -0.0400. The molecular weight excluding hydrogens is 206 g/mol. The molecule has 0 bridgehead atoms. The molecular formula is C16H33N. The third kappa shape index (κ3) is 3.98. The van der Waals surface area contributed by atoms with Gasteiger partial charge in [0.1, 0.15) is 0 Å². The molecule has 1 aliphatic heterocycles. The lowest BCUT2D eigenvalue weighted by Gasteiger charge is -2.55. The third-order valence-corrected chi connectivity index (χ3v) is 4.39. The number of hydrogen-bond acceptors (Lipinski definition) is 1. The van der Waals surface area contributed by atoms with Gasteiger partial charge in [-0.3, -0.25) is 4.90 Å². The highest BCUT2D eigenvalue weighted by molar-refractivity contribution is 4.98. The fourth-order valence-electron chi connectivity index (χ4n) is 4.12. The van der Waals surface area contributed by atoms with E-state index in [0.29, 0.717) is 11.1 Å². The van der Waals surface area contributed by atoms with Crippen LogP contribution in [0.1, 0.15) is 80.1 Å². The predicted octanol–water partition coefficient (Wildman–Crippen LogP) is 4.86. The molecule has 1 fully saturated rings. The molecule has 0 aliphatic carbocycles. The number of hydrogen-bond donors (Lipinski definition) is 0.